The Labute approximate surface area is 90.3 Å². The van der Waals surface area contributed by atoms with Gasteiger partial charge in [-0.25, -0.2) is 4.98 Å². The summed E-state index contributed by atoms with van der Waals surface area (Å²) in [6.45, 7) is 3.37. The van der Waals surface area contributed by atoms with Gasteiger partial charge in [-0.2, -0.15) is 5.26 Å². The Morgan fingerprint density at radius 1 is 1.60 bits per heavy atom. The smallest absolute Gasteiger partial charge is 0.123 e. The zero-order valence-electron chi connectivity index (χ0n) is 9.14. The number of pyridine rings is 1. The summed E-state index contributed by atoms with van der Waals surface area (Å²) in [5.41, 5.74) is 6.51. The van der Waals surface area contributed by atoms with Crippen LogP contribution in [-0.2, 0) is 6.54 Å². The van der Waals surface area contributed by atoms with Gasteiger partial charge in [-0.1, -0.05) is 6.07 Å². The molecule has 4 nitrogen and oxygen atoms in total. The normalized spacial score (nSPS) is 12.4. The Bertz CT molecular complexity index is 356. The molecule has 0 amide bonds. The highest BCUT2D eigenvalue weighted by atomic mass is 15.1. The molecule has 1 aromatic heterocycles. The molecule has 0 spiro atoms. The van der Waals surface area contributed by atoms with Crippen molar-refractivity contribution in [2.75, 3.05) is 19.3 Å². The predicted octanol–water partition coefficient (Wildman–Crippen LogP) is 1.26. The van der Waals surface area contributed by atoms with Crippen molar-refractivity contribution in [2.24, 2.45) is 5.92 Å². The standard InChI is InChI=1S/C11H16N4/c1-9(6-12)7-15(2)8-10-4-3-5-11(13)14-10/h3-5,9H,7-8H2,1-2H3,(H2,13,14). The molecular formula is C11H16N4. The van der Waals surface area contributed by atoms with Crippen molar-refractivity contribution in [3.8, 4) is 6.07 Å². The monoisotopic (exact) mass is 204 g/mol. The van der Waals surface area contributed by atoms with Gasteiger partial charge < -0.3 is 5.73 Å². The van der Waals surface area contributed by atoms with E-state index in [9.17, 15) is 0 Å². The molecule has 80 valence electrons. The minimum Gasteiger partial charge on any atom is -0.384 e. The van der Waals surface area contributed by atoms with Gasteiger partial charge in [0.25, 0.3) is 0 Å². The molecule has 1 heterocycles. The Morgan fingerprint density at radius 3 is 2.93 bits per heavy atom. The van der Waals surface area contributed by atoms with E-state index in [1.807, 2.05) is 26.1 Å². The molecule has 2 N–H and O–H groups in total. The van der Waals surface area contributed by atoms with Crippen LogP contribution in [0.3, 0.4) is 0 Å². The van der Waals surface area contributed by atoms with Crippen molar-refractivity contribution in [2.45, 2.75) is 13.5 Å². The number of rotatable bonds is 4. The number of aromatic nitrogens is 1. The maximum Gasteiger partial charge on any atom is 0.123 e. The van der Waals surface area contributed by atoms with Crippen molar-refractivity contribution in [1.29, 1.82) is 5.26 Å². The van der Waals surface area contributed by atoms with Gasteiger partial charge in [0.2, 0.25) is 0 Å². The number of nitrogens with zero attached hydrogens (tertiary/aromatic N) is 3. The summed E-state index contributed by atoms with van der Waals surface area (Å²) >= 11 is 0. The number of hydrogen-bond acceptors (Lipinski definition) is 4. The first-order valence-corrected chi connectivity index (χ1v) is 4.91. The maximum absolute atomic E-state index is 8.68. The van der Waals surface area contributed by atoms with E-state index >= 15 is 0 Å². The second-order valence-corrected chi connectivity index (χ2v) is 3.78. The van der Waals surface area contributed by atoms with E-state index in [1.165, 1.54) is 0 Å². The molecule has 0 aliphatic heterocycles. The van der Waals surface area contributed by atoms with Gasteiger partial charge in [0.05, 0.1) is 17.7 Å². The van der Waals surface area contributed by atoms with Crippen LogP contribution in [0.15, 0.2) is 18.2 Å². The second-order valence-electron chi connectivity index (χ2n) is 3.78. The number of nitrogen functional groups attached to an aromatic ring is 1. The summed E-state index contributed by atoms with van der Waals surface area (Å²) in [5.74, 6) is 0.574. The lowest BCUT2D eigenvalue weighted by Crippen LogP contribution is -2.23. The molecule has 0 aromatic carbocycles. The Kier molecular flexibility index (Phi) is 4.07. The van der Waals surface area contributed by atoms with Crippen LogP contribution in [0.4, 0.5) is 5.82 Å². The summed E-state index contributed by atoms with van der Waals surface area (Å²) in [4.78, 5) is 6.26. The van der Waals surface area contributed by atoms with Gasteiger partial charge in [-0.15, -0.1) is 0 Å². The van der Waals surface area contributed by atoms with E-state index < -0.39 is 0 Å². The molecule has 0 aliphatic rings. The topological polar surface area (TPSA) is 65.9 Å². The van der Waals surface area contributed by atoms with E-state index in [1.54, 1.807) is 6.07 Å². The summed E-state index contributed by atoms with van der Waals surface area (Å²) in [5, 5.41) is 8.68. The summed E-state index contributed by atoms with van der Waals surface area (Å²) in [6, 6.07) is 7.79. The van der Waals surface area contributed by atoms with Crippen molar-refractivity contribution in [3.05, 3.63) is 23.9 Å². The average molecular weight is 204 g/mol. The molecule has 0 saturated carbocycles. The van der Waals surface area contributed by atoms with Gasteiger partial charge in [0.15, 0.2) is 0 Å². The number of anilines is 1. The minimum atomic E-state index is 0.0380. The molecule has 0 saturated heterocycles. The third-order valence-corrected chi connectivity index (χ3v) is 2.07. The zero-order valence-corrected chi connectivity index (χ0v) is 9.14. The van der Waals surface area contributed by atoms with Gasteiger partial charge in [0, 0.05) is 13.1 Å². The number of nitrogens with two attached hydrogens (primary N) is 1. The van der Waals surface area contributed by atoms with Crippen LogP contribution < -0.4 is 5.73 Å². The quantitative estimate of drug-likeness (QED) is 0.801. The highest BCUT2D eigenvalue weighted by molar-refractivity contribution is 5.28. The van der Waals surface area contributed by atoms with Crippen LogP contribution in [0.25, 0.3) is 0 Å². The van der Waals surface area contributed by atoms with Crippen LogP contribution in [0.2, 0.25) is 0 Å². The van der Waals surface area contributed by atoms with Gasteiger partial charge in [-0.05, 0) is 26.1 Å². The SMILES string of the molecule is CC(C#N)CN(C)Cc1cccc(N)n1. The van der Waals surface area contributed by atoms with Crippen LogP contribution in [-0.4, -0.2) is 23.5 Å². The third-order valence-electron chi connectivity index (χ3n) is 2.07. The predicted molar refractivity (Wildman–Crippen MR) is 59.8 cm³/mol. The van der Waals surface area contributed by atoms with Crippen LogP contribution in [0.1, 0.15) is 12.6 Å². The van der Waals surface area contributed by atoms with Crippen LogP contribution in [0.5, 0.6) is 0 Å². The summed E-state index contributed by atoms with van der Waals surface area (Å²) in [6.07, 6.45) is 0. The molecule has 1 unspecified atom stereocenters. The van der Waals surface area contributed by atoms with Gasteiger partial charge >= 0.3 is 0 Å². The first kappa shape index (κ1) is 11.5. The fraction of sp³-hybridized carbons (Fsp3) is 0.455. The molecule has 1 aromatic rings. The van der Waals surface area contributed by atoms with E-state index in [0.717, 1.165) is 18.8 Å². The molecule has 0 bridgehead atoms. The largest absolute Gasteiger partial charge is 0.384 e. The highest BCUT2D eigenvalue weighted by Gasteiger charge is 2.06. The van der Waals surface area contributed by atoms with Crippen molar-refractivity contribution in [3.63, 3.8) is 0 Å². The third kappa shape index (κ3) is 3.96. The Balaban J connectivity index is 2.52. The van der Waals surface area contributed by atoms with E-state index in [2.05, 4.69) is 16.0 Å². The Morgan fingerprint density at radius 2 is 2.33 bits per heavy atom. The fourth-order valence-corrected chi connectivity index (χ4v) is 1.44. The van der Waals surface area contributed by atoms with Crippen LogP contribution in [0, 0.1) is 17.2 Å². The van der Waals surface area contributed by atoms with E-state index in [0.29, 0.717) is 5.82 Å². The molecule has 4 heteroatoms. The molecular weight excluding hydrogens is 188 g/mol. The summed E-state index contributed by atoms with van der Waals surface area (Å²) in [7, 11) is 1.97. The lowest BCUT2D eigenvalue weighted by molar-refractivity contribution is 0.300. The number of hydrogen-bond donors (Lipinski definition) is 1. The van der Waals surface area contributed by atoms with Crippen LogP contribution >= 0.6 is 0 Å². The van der Waals surface area contributed by atoms with Crippen molar-refractivity contribution < 1.29 is 0 Å². The summed E-state index contributed by atoms with van der Waals surface area (Å²) < 4.78 is 0. The molecule has 0 radical (unpaired) electrons. The first-order chi connectivity index (χ1) is 7.11. The molecule has 15 heavy (non-hydrogen) atoms. The Hall–Kier alpha value is -1.60. The molecule has 1 atom stereocenters. The highest BCUT2D eigenvalue weighted by Crippen LogP contribution is 2.05. The lowest BCUT2D eigenvalue weighted by Gasteiger charge is -2.17. The van der Waals surface area contributed by atoms with E-state index in [4.69, 9.17) is 11.0 Å². The fourth-order valence-electron chi connectivity index (χ4n) is 1.44. The van der Waals surface area contributed by atoms with Gasteiger partial charge in [0.1, 0.15) is 5.82 Å². The first-order valence-electron chi connectivity index (χ1n) is 4.91. The molecule has 0 fully saturated rings. The second kappa shape index (κ2) is 5.32. The average Bonchev–Trinajstić information content (AvgIpc) is 2.17. The maximum atomic E-state index is 8.68. The molecule has 0 aliphatic carbocycles. The van der Waals surface area contributed by atoms with Crippen molar-refractivity contribution >= 4 is 5.82 Å². The van der Waals surface area contributed by atoms with E-state index in [-0.39, 0.29) is 5.92 Å². The van der Waals surface area contributed by atoms with Gasteiger partial charge in [-0.3, -0.25) is 4.90 Å². The van der Waals surface area contributed by atoms with Crippen molar-refractivity contribution in [1.82, 2.24) is 9.88 Å². The lowest BCUT2D eigenvalue weighted by atomic mass is 10.2. The molecule has 1 rings (SSSR count). The zero-order chi connectivity index (χ0) is 11.3. The minimum absolute atomic E-state index is 0.0380. The number of nitriles is 1.